The van der Waals surface area contributed by atoms with Crippen molar-refractivity contribution in [3.05, 3.63) is 66.4 Å². The van der Waals surface area contributed by atoms with Gasteiger partial charge in [0.2, 0.25) is 0 Å². The third kappa shape index (κ3) is 2.31. The van der Waals surface area contributed by atoms with E-state index in [1.807, 2.05) is 6.07 Å². The van der Waals surface area contributed by atoms with E-state index in [1.54, 1.807) is 47.0 Å². The summed E-state index contributed by atoms with van der Waals surface area (Å²) in [6.07, 6.45) is -3.64. The molecule has 0 unspecified atom stereocenters. The number of hydrogen-bond acceptors (Lipinski definition) is 1. The molecule has 0 aliphatic heterocycles. The quantitative estimate of drug-likeness (QED) is 0.642. The van der Waals surface area contributed by atoms with Crippen molar-refractivity contribution in [2.24, 2.45) is 0 Å². The maximum absolute atomic E-state index is 12.7. The summed E-state index contributed by atoms with van der Waals surface area (Å²) in [5, 5.41) is 0.295. The fraction of sp³-hybridized carbons (Fsp3) is 0.0625. The molecule has 0 saturated carbocycles. The zero-order chi connectivity index (χ0) is 15.0. The first kappa shape index (κ1) is 13.4. The summed E-state index contributed by atoms with van der Waals surface area (Å²) < 4.78 is 39.7. The summed E-state index contributed by atoms with van der Waals surface area (Å²) in [5.74, 6) is -1.83. The Morgan fingerprint density at radius 3 is 2.19 bits per heavy atom. The van der Waals surface area contributed by atoms with Gasteiger partial charge in [-0.25, -0.2) is 0 Å². The van der Waals surface area contributed by atoms with Crippen molar-refractivity contribution in [2.75, 3.05) is 0 Å². The lowest BCUT2D eigenvalue weighted by atomic mass is 10.1. The minimum atomic E-state index is -4.88. The number of ketones is 1. The molecule has 0 amide bonds. The van der Waals surface area contributed by atoms with Crippen molar-refractivity contribution in [3.8, 4) is 5.69 Å². The fourth-order valence-electron chi connectivity index (χ4n) is 2.32. The predicted octanol–water partition coefficient (Wildman–Crippen LogP) is 4.38. The Kier molecular flexibility index (Phi) is 3.05. The first-order valence-electron chi connectivity index (χ1n) is 6.25. The molecular weight excluding hydrogens is 279 g/mol. The van der Waals surface area contributed by atoms with Crippen molar-refractivity contribution in [3.63, 3.8) is 0 Å². The van der Waals surface area contributed by atoms with Crippen LogP contribution in [0.1, 0.15) is 10.4 Å². The van der Waals surface area contributed by atoms with Crippen LogP contribution in [-0.2, 0) is 0 Å². The Labute approximate surface area is 118 Å². The Bertz CT molecular complexity index is 803. The minimum Gasteiger partial charge on any atom is -0.316 e. The lowest BCUT2D eigenvalue weighted by Crippen LogP contribution is -2.22. The topological polar surface area (TPSA) is 22.0 Å². The monoisotopic (exact) mass is 289 g/mol. The molecule has 0 N–H and O–H groups in total. The minimum absolute atomic E-state index is 0.295. The van der Waals surface area contributed by atoms with E-state index in [0.29, 0.717) is 16.6 Å². The zero-order valence-electron chi connectivity index (χ0n) is 10.8. The molecule has 0 radical (unpaired) electrons. The molecule has 0 aliphatic rings. The van der Waals surface area contributed by atoms with Gasteiger partial charge in [0.1, 0.15) is 0 Å². The van der Waals surface area contributed by atoms with E-state index in [9.17, 15) is 18.0 Å². The number of Topliss-reactive ketones (excluding diaryl/α,β-unsaturated/α-hetero) is 1. The molecule has 5 heteroatoms. The van der Waals surface area contributed by atoms with Gasteiger partial charge in [0, 0.05) is 17.3 Å². The second-order valence-corrected chi connectivity index (χ2v) is 4.59. The van der Waals surface area contributed by atoms with Crippen molar-refractivity contribution >= 4 is 16.7 Å². The van der Waals surface area contributed by atoms with E-state index in [1.165, 1.54) is 12.3 Å². The van der Waals surface area contributed by atoms with Gasteiger partial charge in [-0.1, -0.05) is 36.4 Å². The summed E-state index contributed by atoms with van der Waals surface area (Å²) in [4.78, 5) is 11.6. The van der Waals surface area contributed by atoms with E-state index in [2.05, 4.69) is 0 Å². The second-order valence-electron chi connectivity index (χ2n) is 4.59. The molecular formula is C16H10F3NO. The van der Waals surface area contributed by atoms with Gasteiger partial charge < -0.3 is 4.57 Å². The standard InChI is InChI=1S/C16H10F3NO/c17-16(18,19)15(21)13-10-20(11-6-2-1-3-7-11)14-9-5-4-8-12(13)14/h1-10H. The summed E-state index contributed by atoms with van der Waals surface area (Å²) in [6.45, 7) is 0. The van der Waals surface area contributed by atoms with Gasteiger partial charge in [-0.15, -0.1) is 0 Å². The van der Waals surface area contributed by atoms with Gasteiger partial charge >= 0.3 is 6.18 Å². The lowest BCUT2D eigenvalue weighted by Gasteiger charge is -2.04. The molecule has 0 saturated heterocycles. The lowest BCUT2D eigenvalue weighted by molar-refractivity contribution is -0.0884. The Morgan fingerprint density at radius 2 is 1.52 bits per heavy atom. The molecule has 21 heavy (non-hydrogen) atoms. The molecule has 0 bridgehead atoms. The first-order chi connectivity index (χ1) is 9.98. The molecule has 0 aliphatic carbocycles. The van der Waals surface area contributed by atoms with Crippen molar-refractivity contribution in [1.82, 2.24) is 4.57 Å². The highest BCUT2D eigenvalue weighted by molar-refractivity contribution is 6.11. The van der Waals surface area contributed by atoms with Gasteiger partial charge in [0.15, 0.2) is 0 Å². The average molecular weight is 289 g/mol. The van der Waals surface area contributed by atoms with E-state index >= 15 is 0 Å². The molecule has 0 atom stereocenters. The van der Waals surface area contributed by atoms with Crippen LogP contribution in [0.15, 0.2) is 60.8 Å². The number of hydrogen-bond donors (Lipinski definition) is 0. The number of aromatic nitrogens is 1. The molecule has 3 rings (SSSR count). The second kappa shape index (κ2) is 4.77. The van der Waals surface area contributed by atoms with Gasteiger partial charge in [0.05, 0.1) is 11.1 Å². The number of fused-ring (bicyclic) bond motifs is 1. The van der Waals surface area contributed by atoms with Crippen LogP contribution in [0.5, 0.6) is 0 Å². The van der Waals surface area contributed by atoms with E-state index in [0.717, 1.165) is 0 Å². The molecule has 2 aromatic carbocycles. The molecule has 2 nitrogen and oxygen atoms in total. The Hall–Kier alpha value is -2.56. The van der Waals surface area contributed by atoms with Gasteiger partial charge in [0.25, 0.3) is 5.78 Å². The van der Waals surface area contributed by atoms with Crippen LogP contribution >= 0.6 is 0 Å². The Balaban J connectivity index is 2.27. The van der Waals surface area contributed by atoms with E-state index in [-0.39, 0.29) is 5.56 Å². The van der Waals surface area contributed by atoms with Crippen LogP contribution in [0.2, 0.25) is 0 Å². The van der Waals surface area contributed by atoms with E-state index < -0.39 is 12.0 Å². The van der Waals surface area contributed by atoms with Crippen LogP contribution in [0.25, 0.3) is 16.6 Å². The number of alkyl halides is 3. The van der Waals surface area contributed by atoms with Gasteiger partial charge in [-0.05, 0) is 18.2 Å². The van der Waals surface area contributed by atoms with Crippen LogP contribution in [0.4, 0.5) is 13.2 Å². The molecule has 0 spiro atoms. The van der Waals surface area contributed by atoms with Crippen LogP contribution in [-0.4, -0.2) is 16.5 Å². The molecule has 1 heterocycles. The number of nitrogens with zero attached hydrogens (tertiary/aromatic N) is 1. The fourth-order valence-corrected chi connectivity index (χ4v) is 2.32. The summed E-state index contributed by atoms with van der Waals surface area (Å²) in [6, 6.07) is 15.5. The third-order valence-corrected chi connectivity index (χ3v) is 3.25. The van der Waals surface area contributed by atoms with Gasteiger partial charge in [-0.3, -0.25) is 4.79 Å². The molecule has 106 valence electrons. The van der Waals surface area contributed by atoms with Crippen LogP contribution < -0.4 is 0 Å². The molecule has 3 aromatic rings. The number of carbonyl (C=O) groups excluding carboxylic acids is 1. The Morgan fingerprint density at radius 1 is 0.905 bits per heavy atom. The summed E-state index contributed by atoms with van der Waals surface area (Å²) in [7, 11) is 0. The molecule has 1 aromatic heterocycles. The van der Waals surface area contributed by atoms with Crippen LogP contribution in [0.3, 0.4) is 0 Å². The van der Waals surface area contributed by atoms with Gasteiger partial charge in [-0.2, -0.15) is 13.2 Å². The summed E-state index contributed by atoms with van der Waals surface area (Å²) in [5.41, 5.74) is 0.938. The highest BCUT2D eigenvalue weighted by Gasteiger charge is 2.40. The third-order valence-electron chi connectivity index (χ3n) is 3.25. The maximum Gasteiger partial charge on any atom is 0.454 e. The normalized spacial score (nSPS) is 11.8. The first-order valence-corrected chi connectivity index (χ1v) is 6.25. The smallest absolute Gasteiger partial charge is 0.316 e. The van der Waals surface area contributed by atoms with Crippen molar-refractivity contribution in [1.29, 1.82) is 0 Å². The highest BCUT2D eigenvalue weighted by Crippen LogP contribution is 2.30. The number of halogens is 3. The van der Waals surface area contributed by atoms with Crippen molar-refractivity contribution in [2.45, 2.75) is 6.18 Å². The van der Waals surface area contributed by atoms with Crippen LogP contribution in [0, 0.1) is 0 Å². The largest absolute Gasteiger partial charge is 0.454 e. The predicted molar refractivity (Wildman–Crippen MR) is 73.7 cm³/mol. The number of rotatable bonds is 2. The summed E-state index contributed by atoms with van der Waals surface area (Å²) >= 11 is 0. The van der Waals surface area contributed by atoms with E-state index in [4.69, 9.17) is 0 Å². The number of carbonyl (C=O) groups is 1. The number of benzene rings is 2. The highest BCUT2D eigenvalue weighted by atomic mass is 19.4. The van der Waals surface area contributed by atoms with Crippen molar-refractivity contribution < 1.29 is 18.0 Å². The maximum atomic E-state index is 12.7. The average Bonchev–Trinajstić information content (AvgIpc) is 2.86. The zero-order valence-corrected chi connectivity index (χ0v) is 10.8. The number of para-hydroxylation sites is 2. The molecule has 0 fully saturated rings. The SMILES string of the molecule is O=C(c1cn(-c2ccccc2)c2ccccc12)C(F)(F)F.